The van der Waals surface area contributed by atoms with Crippen LogP contribution >= 0.6 is 0 Å². The molecule has 1 aromatic heterocycles. The Bertz CT molecular complexity index is 1080. The van der Waals surface area contributed by atoms with Crippen LogP contribution in [0.25, 0.3) is 11.0 Å². The van der Waals surface area contributed by atoms with Crippen molar-refractivity contribution in [3.05, 3.63) is 71.5 Å². The summed E-state index contributed by atoms with van der Waals surface area (Å²) in [5.74, 6) is 1.96. The molecule has 0 spiro atoms. The third kappa shape index (κ3) is 4.15. The molecule has 3 aromatic rings. The summed E-state index contributed by atoms with van der Waals surface area (Å²) in [5, 5.41) is 7.89. The second kappa shape index (κ2) is 9.57. The molecule has 5 rings (SSSR count). The number of likely N-dealkylation sites (tertiary alicyclic amines) is 2. The van der Waals surface area contributed by atoms with E-state index < -0.39 is 0 Å². The summed E-state index contributed by atoms with van der Waals surface area (Å²) in [5.41, 5.74) is 2.64. The summed E-state index contributed by atoms with van der Waals surface area (Å²) in [6.07, 6.45) is 1.18. The molecule has 168 valence electrons. The highest BCUT2D eigenvalue weighted by molar-refractivity contribution is 6.05. The van der Waals surface area contributed by atoms with Gasteiger partial charge in [0.05, 0.1) is 11.6 Å². The van der Waals surface area contributed by atoms with Crippen LogP contribution in [0.15, 0.2) is 59.0 Å². The van der Waals surface area contributed by atoms with Crippen LogP contribution < -0.4 is 0 Å². The number of nitrogens with zero attached hydrogens (tertiary/aromatic N) is 2. The van der Waals surface area contributed by atoms with Gasteiger partial charge in [0, 0.05) is 30.9 Å². The minimum Gasteiger partial charge on any atom is -0.483 e. The average molecular weight is 435 g/mol. The Morgan fingerprint density at radius 1 is 1.12 bits per heavy atom. The van der Waals surface area contributed by atoms with E-state index in [-0.39, 0.29) is 18.4 Å². The SMILES string of the molecule is CCCN1C[C@H]2CN(C(=O)c3cccc4cc(C)oc34)[C@H](c3ccccc3)[C@H]2C1.O=CO. The first-order valence-corrected chi connectivity index (χ1v) is 11.2. The second-order valence-corrected chi connectivity index (χ2v) is 8.68. The fourth-order valence-electron chi connectivity index (χ4n) is 5.44. The summed E-state index contributed by atoms with van der Waals surface area (Å²) < 4.78 is 5.91. The Kier molecular flexibility index (Phi) is 6.61. The number of carbonyl (C=O) groups is 2. The van der Waals surface area contributed by atoms with Crippen molar-refractivity contribution < 1.29 is 19.1 Å². The molecule has 32 heavy (non-hydrogen) atoms. The van der Waals surface area contributed by atoms with Gasteiger partial charge in [-0.1, -0.05) is 49.4 Å². The van der Waals surface area contributed by atoms with E-state index in [2.05, 4.69) is 41.0 Å². The molecule has 2 aromatic carbocycles. The number of aryl methyl sites for hydroxylation is 1. The summed E-state index contributed by atoms with van der Waals surface area (Å²) in [6, 6.07) is 18.6. The minimum atomic E-state index is -0.250. The number of hydrogen-bond acceptors (Lipinski definition) is 4. The van der Waals surface area contributed by atoms with Gasteiger partial charge in [0.15, 0.2) is 0 Å². The number of hydrogen-bond donors (Lipinski definition) is 1. The van der Waals surface area contributed by atoms with Crippen LogP contribution in [0.4, 0.5) is 0 Å². The van der Waals surface area contributed by atoms with Gasteiger partial charge < -0.3 is 19.3 Å². The van der Waals surface area contributed by atoms with Crippen LogP contribution in [0.1, 0.15) is 41.1 Å². The first-order chi connectivity index (χ1) is 15.6. The third-order valence-corrected chi connectivity index (χ3v) is 6.58. The predicted octanol–water partition coefficient (Wildman–Crippen LogP) is 4.60. The lowest BCUT2D eigenvalue weighted by Gasteiger charge is -2.30. The topological polar surface area (TPSA) is 74.0 Å². The zero-order valence-corrected chi connectivity index (χ0v) is 18.6. The molecule has 1 amide bonds. The second-order valence-electron chi connectivity index (χ2n) is 8.68. The van der Waals surface area contributed by atoms with Crippen LogP contribution in [0.5, 0.6) is 0 Å². The average Bonchev–Trinajstić information content (AvgIpc) is 3.45. The number of rotatable bonds is 4. The minimum absolute atomic E-state index is 0.0928. The number of para-hydroxylation sites is 1. The lowest BCUT2D eigenvalue weighted by Crippen LogP contribution is -2.36. The molecule has 0 radical (unpaired) electrons. The van der Waals surface area contributed by atoms with E-state index in [1.54, 1.807) is 0 Å². The maximum absolute atomic E-state index is 13.7. The molecule has 0 aliphatic carbocycles. The first-order valence-electron chi connectivity index (χ1n) is 11.2. The standard InChI is InChI=1S/C25H28N2O2.CH2O2/c1-3-12-26-14-20-15-27(23(22(20)16-26)18-8-5-4-6-9-18)25(28)21-11-7-10-19-13-17(2)29-24(19)21;2-1-3/h4-11,13,20,22-23H,3,12,14-16H2,1-2H3;1H,(H,2,3)/t20-,22-,23+;/m0./s1. The van der Waals surface area contributed by atoms with Gasteiger partial charge >= 0.3 is 0 Å². The zero-order valence-electron chi connectivity index (χ0n) is 18.6. The molecule has 0 saturated carbocycles. The Hall–Kier alpha value is -3.12. The Morgan fingerprint density at radius 2 is 1.88 bits per heavy atom. The molecule has 2 aliphatic heterocycles. The van der Waals surface area contributed by atoms with Crippen LogP contribution in [0.3, 0.4) is 0 Å². The molecule has 3 heterocycles. The van der Waals surface area contributed by atoms with Gasteiger partial charge in [-0.05, 0) is 43.5 Å². The van der Waals surface area contributed by atoms with Gasteiger partial charge in [-0.15, -0.1) is 0 Å². The fourth-order valence-corrected chi connectivity index (χ4v) is 5.44. The molecule has 6 nitrogen and oxygen atoms in total. The van der Waals surface area contributed by atoms with Gasteiger partial charge in [0.1, 0.15) is 11.3 Å². The number of fused-ring (bicyclic) bond motifs is 2. The lowest BCUT2D eigenvalue weighted by molar-refractivity contribution is -0.122. The number of carboxylic acid groups (broad SMARTS) is 1. The highest BCUT2D eigenvalue weighted by Gasteiger charge is 2.49. The molecule has 2 saturated heterocycles. The van der Waals surface area contributed by atoms with Crippen LogP contribution in [-0.4, -0.2) is 53.5 Å². The highest BCUT2D eigenvalue weighted by Crippen LogP contribution is 2.45. The predicted molar refractivity (Wildman–Crippen MR) is 124 cm³/mol. The summed E-state index contributed by atoms with van der Waals surface area (Å²) >= 11 is 0. The third-order valence-electron chi connectivity index (χ3n) is 6.58. The van der Waals surface area contributed by atoms with Gasteiger partial charge in [-0.3, -0.25) is 9.59 Å². The summed E-state index contributed by atoms with van der Waals surface area (Å²) in [7, 11) is 0. The maximum atomic E-state index is 13.7. The van der Waals surface area contributed by atoms with Gasteiger partial charge in [-0.25, -0.2) is 0 Å². The number of furan rings is 1. The van der Waals surface area contributed by atoms with Crippen molar-refractivity contribution in [3.8, 4) is 0 Å². The molecule has 6 heteroatoms. The summed E-state index contributed by atoms with van der Waals surface area (Å²) in [6.45, 7) is 8.06. The normalized spacial score (nSPS) is 22.4. The van der Waals surface area contributed by atoms with Gasteiger partial charge in [-0.2, -0.15) is 0 Å². The maximum Gasteiger partial charge on any atom is 0.290 e. The van der Waals surface area contributed by atoms with Crippen molar-refractivity contribution >= 4 is 23.3 Å². The smallest absolute Gasteiger partial charge is 0.290 e. The van der Waals surface area contributed by atoms with E-state index in [0.29, 0.717) is 23.0 Å². The number of amides is 1. The van der Waals surface area contributed by atoms with Gasteiger partial charge in [0.2, 0.25) is 0 Å². The van der Waals surface area contributed by atoms with Crippen molar-refractivity contribution in [1.82, 2.24) is 9.80 Å². The van der Waals surface area contributed by atoms with E-state index in [9.17, 15) is 4.79 Å². The Balaban J connectivity index is 0.000000775. The van der Waals surface area contributed by atoms with E-state index in [1.807, 2.05) is 37.3 Å². The van der Waals surface area contributed by atoms with E-state index >= 15 is 0 Å². The fraction of sp³-hybridized carbons (Fsp3) is 0.385. The number of carbonyl (C=O) groups excluding carboxylic acids is 1. The quantitative estimate of drug-likeness (QED) is 0.608. The van der Waals surface area contributed by atoms with E-state index in [1.165, 1.54) is 12.0 Å². The number of benzene rings is 2. The van der Waals surface area contributed by atoms with Crippen LogP contribution in [0.2, 0.25) is 0 Å². The van der Waals surface area contributed by atoms with E-state index in [0.717, 1.165) is 37.3 Å². The highest BCUT2D eigenvalue weighted by atomic mass is 16.3. The van der Waals surface area contributed by atoms with E-state index in [4.69, 9.17) is 14.3 Å². The zero-order chi connectivity index (χ0) is 22.7. The van der Waals surface area contributed by atoms with Crippen LogP contribution in [-0.2, 0) is 4.79 Å². The van der Waals surface area contributed by atoms with Crippen molar-refractivity contribution in [2.75, 3.05) is 26.2 Å². The largest absolute Gasteiger partial charge is 0.483 e. The Labute approximate surface area is 188 Å². The molecular formula is C26H30N2O4. The van der Waals surface area contributed by atoms with Crippen molar-refractivity contribution in [2.24, 2.45) is 11.8 Å². The molecule has 0 bridgehead atoms. The van der Waals surface area contributed by atoms with Crippen molar-refractivity contribution in [2.45, 2.75) is 26.3 Å². The molecule has 2 fully saturated rings. The molecule has 3 atom stereocenters. The molecular weight excluding hydrogens is 404 g/mol. The Morgan fingerprint density at radius 3 is 2.59 bits per heavy atom. The van der Waals surface area contributed by atoms with Crippen molar-refractivity contribution in [3.63, 3.8) is 0 Å². The lowest BCUT2D eigenvalue weighted by atomic mass is 9.89. The monoisotopic (exact) mass is 434 g/mol. The molecule has 2 aliphatic rings. The van der Waals surface area contributed by atoms with Crippen LogP contribution in [0, 0.1) is 18.8 Å². The first kappa shape index (κ1) is 22.1. The van der Waals surface area contributed by atoms with Crippen molar-refractivity contribution in [1.29, 1.82) is 0 Å². The van der Waals surface area contributed by atoms with Gasteiger partial charge in [0.25, 0.3) is 12.4 Å². The molecule has 0 unspecified atom stereocenters. The summed E-state index contributed by atoms with van der Waals surface area (Å²) in [4.78, 5) is 26.8. The molecule has 1 N–H and O–H groups in total.